The van der Waals surface area contributed by atoms with Crippen LogP contribution in [0.2, 0.25) is 0 Å². The van der Waals surface area contributed by atoms with E-state index in [1.54, 1.807) is 0 Å². The molecule has 1 unspecified atom stereocenters. The third-order valence-electron chi connectivity index (χ3n) is 1.02. The largest absolute Gasteiger partial charge is 0.330 e. The van der Waals surface area contributed by atoms with Gasteiger partial charge in [0.25, 0.3) is 0 Å². The van der Waals surface area contributed by atoms with Gasteiger partial charge in [-0.25, -0.2) is 0 Å². The number of hydrogen-bond acceptors (Lipinski definition) is 2. The van der Waals surface area contributed by atoms with Crippen molar-refractivity contribution in [2.24, 2.45) is 17.4 Å². The lowest BCUT2D eigenvalue weighted by atomic mass is 10.1. The van der Waals surface area contributed by atoms with E-state index < -0.39 is 4.46 Å². The van der Waals surface area contributed by atoms with Crippen LogP contribution in [0.5, 0.6) is 0 Å². The Bertz CT molecular complexity index is 79.5. The highest BCUT2D eigenvalue weighted by Gasteiger charge is 2.19. The molecule has 1 atom stereocenters. The Morgan fingerprint density at radius 1 is 1.56 bits per heavy atom. The van der Waals surface area contributed by atoms with Gasteiger partial charge in [-0.15, -0.1) is 0 Å². The van der Waals surface area contributed by atoms with Crippen molar-refractivity contribution in [3.8, 4) is 0 Å². The van der Waals surface area contributed by atoms with Gasteiger partial charge in [0.1, 0.15) is 0 Å². The molecule has 0 aromatic heterocycles. The molecular formula is C5H12Cl2N2. The van der Waals surface area contributed by atoms with Crippen molar-refractivity contribution < 1.29 is 0 Å². The summed E-state index contributed by atoms with van der Waals surface area (Å²) in [7, 11) is 0. The maximum Gasteiger partial charge on any atom is 0.166 e. The first-order valence-corrected chi connectivity index (χ1v) is 3.58. The lowest BCUT2D eigenvalue weighted by Crippen LogP contribution is -2.30. The van der Waals surface area contributed by atoms with Crippen LogP contribution in [0.1, 0.15) is 13.3 Å². The third kappa shape index (κ3) is 6.38. The predicted octanol–water partition coefficient (Wildman–Crippen LogP) is 1.06. The van der Waals surface area contributed by atoms with Gasteiger partial charge in [-0.2, -0.15) is 0 Å². The summed E-state index contributed by atoms with van der Waals surface area (Å²) in [5, 5.41) is 0. The molecule has 0 bridgehead atoms. The second-order valence-electron chi connectivity index (χ2n) is 2.31. The minimum atomic E-state index is -1.11. The standard InChI is InChI=1S/C5H12Cl2N2/c1-4(3-8)2-5(6,7)9/h4H,2-3,8-9H2,1H3. The zero-order valence-electron chi connectivity index (χ0n) is 5.40. The van der Waals surface area contributed by atoms with Crippen LogP contribution in [0.15, 0.2) is 0 Å². The highest BCUT2D eigenvalue weighted by Crippen LogP contribution is 2.21. The molecule has 9 heavy (non-hydrogen) atoms. The average Bonchev–Trinajstić information content (AvgIpc) is 1.62. The summed E-state index contributed by atoms with van der Waals surface area (Å²) >= 11 is 11.0. The van der Waals surface area contributed by atoms with Crippen LogP contribution in [0.3, 0.4) is 0 Å². The molecule has 0 spiro atoms. The molecular weight excluding hydrogens is 159 g/mol. The van der Waals surface area contributed by atoms with Gasteiger partial charge in [0.15, 0.2) is 4.46 Å². The van der Waals surface area contributed by atoms with Gasteiger partial charge in [0.05, 0.1) is 0 Å². The Balaban J connectivity index is 3.47. The van der Waals surface area contributed by atoms with Crippen molar-refractivity contribution in [3.63, 3.8) is 0 Å². The topological polar surface area (TPSA) is 52.0 Å². The lowest BCUT2D eigenvalue weighted by molar-refractivity contribution is 0.510. The molecule has 0 aromatic carbocycles. The molecule has 0 heterocycles. The van der Waals surface area contributed by atoms with Crippen LogP contribution in [-0.4, -0.2) is 11.0 Å². The Morgan fingerprint density at radius 2 is 2.00 bits per heavy atom. The fourth-order valence-corrected chi connectivity index (χ4v) is 1.07. The molecule has 0 aromatic rings. The summed E-state index contributed by atoms with van der Waals surface area (Å²) in [5.41, 5.74) is 10.6. The predicted molar refractivity (Wildman–Crippen MR) is 41.5 cm³/mol. The van der Waals surface area contributed by atoms with E-state index in [0.29, 0.717) is 13.0 Å². The van der Waals surface area contributed by atoms with E-state index in [-0.39, 0.29) is 5.92 Å². The number of alkyl halides is 2. The molecule has 56 valence electrons. The SMILES string of the molecule is CC(CN)CC(N)(Cl)Cl. The maximum absolute atomic E-state index is 5.49. The minimum absolute atomic E-state index is 0.282. The van der Waals surface area contributed by atoms with Gasteiger partial charge >= 0.3 is 0 Å². The summed E-state index contributed by atoms with van der Waals surface area (Å²) in [6.45, 7) is 2.52. The highest BCUT2D eigenvalue weighted by molar-refractivity contribution is 6.47. The van der Waals surface area contributed by atoms with Crippen LogP contribution < -0.4 is 11.5 Å². The smallest absolute Gasteiger partial charge is 0.166 e. The van der Waals surface area contributed by atoms with Crippen LogP contribution in [-0.2, 0) is 0 Å². The Morgan fingerprint density at radius 3 is 2.11 bits per heavy atom. The molecule has 0 rings (SSSR count). The van der Waals surface area contributed by atoms with Gasteiger partial charge < -0.3 is 11.5 Å². The molecule has 0 radical (unpaired) electrons. The fourth-order valence-electron chi connectivity index (χ4n) is 0.548. The van der Waals surface area contributed by atoms with E-state index in [0.717, 1.165) is 0 Å². The molecule has 0 aliphatic carbocycles. The van der Waals surface area contributed by atoms with Gasteiger partial charge in [-0.1, -0.05) is 30.1 Å². The summed E-state index contributed by atoms with van der Waals surface area (Å²) in [6, 6.07) is 0. The first-order chi connectivity index (χ1) is 3.95. The molecule has 2 nitrogen and oxygen atoms in total. The van der Waals surface area contributed by atoms with E-state index in [2.05, 4.69) is 0 Å². The zero-order chi connectivity index (χ0) is 7.49. The molecule has 0 fully saturated rings. The van der Waals surface area contributed by atoms with Crippen LogP contribution in [0, 0.1) is 5.92 Å². The summed E-state index contributed by atoms with van der Waals surface area (Å²) in [6.07, 6.45) is 0.534. The Labute approximate surface area is 65.5 Å². The van der Waals surface area contributed by atoms with Gasteiger partial charge in [-0.3, -0.25) is 0 Å². The molecule has 0 aliphatic heterocycles. The van der Waals surface area contributed by atoms with Crippen molar-refractivity contribution in [1.29, 1.82) is 0 Å². The first kappa shape index (κ1) is 9.50. The van der Waals surface area contributed by atoms with E-state index in [9.17, 15) is 0 Å². The quantitative estimate of drug-likeness (QED) is 0.492. The monoisotopic (exact) mass is 170 g/mol. The Hall–Kier alpha value is 0.500. The van der Waals surface area contributed by atoms with Crippen LogP contribution in [0.4, 0.5) is 0 Å². The second-order valence-corrected chi connectivity index (χ2v) is 3.85. The van der Waals surface area contributed by atoms with Gasteiger partial charge in [0.2, 0.25) is 0 Å². The van der Waals surface area contributed by atoms with Crippen LogP contribution in [0.25, 0.3) is 0 Å². The maximum atomic E-state index is 5.49. The molecule has 0 amide bonds. The number of halogens is 2. The van der Waals surface area contributed by atoms with Crippen molar-refractivity contribution in [2.75, 3.05) is 6.54 Å². The van der Waals surface area contributed by atoms with Crippen molar-refractivity contribution in [3.05, 3.63) is 0 Å². The minimum Gasteiger partial charge on any atom is -0.330 e. The molecule has 0 aliphatic rings. The van der Waals surface area contributed by atoms with E-state index in [1.807, 2.05) is 6.92 Å². The fraction of sp³-hybridized carbons (Fsp3) is 1.00. The van der Waals surface area contributed by atoms with Gasteiger partial charge in [-0.05, 0) is 18.9 Å². The molecule has 4 N–H and O–H groups in total. The van der Waals surface area contributed by atoms with Crippen LogP contribution >= 0.6 is 23.2 Å². The molecule has 0 saturated heterocycles. The summed E-state index contributed by atoms with van der Waals surface area (Å²) in [5.74, 6) is 0.282. The summed E-state index contributed by atoms with van der Waals surface area (Å²) < 4.78 is -1.11. The summed E-state index contributed by atoms with van der Waals surface area (Å²) in [4.78, 5) is 0. The molecule has 0 saturated carbocycles. The number of hydrogen-bond donors (Lipinski definition) is 2. The van der Waals surface area contributed by atoms with E-state index in [1.165, 1.54) is 0 Å². The normalized spacial score (nSPS) is 15.7. The number of rotatable bonds is 3. The van der Waals surface area contributed by atoms with Crippen molar-refractivity contribution >= 4 is 23.2 Å². The average molecular weight is 171 g/mol. The third-order valence-corrected chi connectivity index (χ3v) is 1.33. The van der Waals surface area contributed by atoms with Crippen molar-refractivity contribution in [1.82, 2.24) is 0 Å². The van der Waals surface area contributed by atoms with E-state index in [4.69, 9.17) is 34.7 Å². The second kappa shape index (κ2) is 3.62. The first-order valence-electron chi connectivity index (χ1n) is 2.82. The lowest BCUT2D eigenvalue weighted by Gasteiger charge is -2.16. The zero-order valence-corrected chi connectivity index (χ0v) is 6.91. The molecule has 4 heteroatoms. The Kier molecular flexibility index (Phi) is 3.82. The highest BCUT2D eigenvalue weighted by atomic mass is 35.5. The van der Waals surface area contributed by atoms with Crippen molar-refractivity contribution in [2.45, 2.75) is 17.8 Å². The van der Waals surface area contributed by atoms with Gasteiger partial charge in [0, 0.05) is 0 Å². The number of nitrogens with two attached hydrogens (primary N) is 2. The van der Waals surface area contributed by atoms with E-state index >= 15 is 0 Å².